The highest BCUT2D eigenvalue weighted by atomic mass is 79.9. The minimum atomic E-state index is 0.0834. The second-order valence-electron chi connectivity index (χ2n) is 5.95. The summed E-state index contributed by atoms with van der Waals surface area (Å²) >= 11 is 3.42. The second-order valence-corrected chi connectivity index (χ2v) is 6.87. The molecule has 2 aromatic carbocycles. The highest BCUT2D eigenvalue weighted by Crippen LogP contribution is 2.28. The average Bonchev–Trinajstić information content (AvgIpc) is 2.38. The van der Waals surface area contributed by atoms with Crippen LogP contribution < -0.4 is 5.32 Å². The van der Waals surface area contributed by atoms with Crippen molar-refractivity contribution in [2.24, 2.45) is 0 Å². The van der Waals surface area contributed by atoms with Gasteiger partial charge in [0.05, 0.1) is 0 Å². The zero-order valence-electron chi connectivity index (χ0n) is 12.1. The van der Waals surface area contributed by atoms with Crippen LogP contribution in [0.5, 0.6) is 5.75 Å². The Kier molecular flexibility index (Phi) is 4.39. The topological polar surface area (TPSA) is 32.3 Å². The monoisotopic (exact) mass is 333 g/mol. The molecule has 0 aliphatic heterocycles. The van der Waals surface area contributed by atoms with Crippen molar-refractivity contribution in [3.63, 3.8) is 0 Å². The zero-order chi connectivity index (χ0) is 14.8. The van der Waals surface area contributed by atoms with Crippen molar-refractivity contribution >= 4 is 21.6 Å². The van der Waals surface area contributed by atoms with Crippen LogP contribution in [-0.2, 0) is 12.0 Å². The molecule has 0 amide bonds. The summed E-state index contributed by atoms with van der Waals surface area (Å²) in [5.41, 5.74) is 3.26. The molecule has 0 aliphatic rings. The van der Waals surface area contributed by atoms with Crippen LogP contribution in [0.4, 0.5) is 5.69 Å². The number of aromatic hydroxyl groups is 1. The van der Waals surface area contributed by atoms with Gasteiger partial charge < -0.3 is 10.4 Å². The van der Waals surface area contributed by atoms with E-state index in [-0.39, 0.29) is 5.41 Å². The summed E-state index contributed by atoms with van der Waals surface area (Å²) in [7, 11) is 0. The summed E-state index contributed by atoms with van der Waals surface area (Å²) in [5, 5.41) is 13.3. The first-order valence-electron chi connectivity index (χ1n) is 6.68. The van der Waals surface area contributed by atoms with Gasteiger partial charge in [-0.1, -0.05) is 42.8 Å². The fourth-order valence-corrected chi connectivity index (χ4v) is 2.22. The van der Waals surface area contributed by atoms with E-state index in [1.807, 2.05) is 30.3 Å². The fraction of sp³-hybridized carbons (Fsp3) is 0.294. The number of phenols is 1. The fourth-order valence-electron chi connectivity index (χ4n) is 1.96. The third kappa shape index (κ3) is 3.76. The SMILES string of the molecule is CC(C)(C)c1ccc(O)c(CNc2ccc(Br)cc2)c1. The van der Waals surface area contributed by atoms with Gasteiger partial charge in [-0.05, 0) is 47.4 Å². The van der Waals surface area contributed by atoms with Crippen molar-refractivity contribution < 1.29 is 5.11 Å². The van der Waals surface area contributed by atoms with E-state index in [1.165, 1.54) is 5.56 Å². The lowest BCUT2D eigenvalue weighted by Gasteiger charge is -2.20. The number of benzene rings is 2. The van der Waals surface area contributed by atoms with E-state index in [1.54, 1.807) is 6.07 Å². The minimum absolute atomic E-state index is 0.0834. The number of hydrogen-bond donors (Lipinski definition) is 2. The van der Waals surface area contributed by atoms with E-state index < -0.39 is 0 Å². The Morgan fingerprint density at radius 3 is 2.30 bits per heavy atom. The number of rotatable bonds is 3. The van der Waals surface area contributed by atoms with Crippen molar-refractivity contribution in [2.45, 2.75) is 32.7 Å². The molecule has 0 aliphatic carbocycles. The normalized spacial score (nSPS) is 11.4. The molecule has 3 heteroatoms. The Morgan fingerprint density at radius 1 is 1.05 bits per heavy atom. The first kappa shape index (κ1) is 14.9. The lowest BCUT2D eigenvalue weighted by Crippen LogP contribution is -2.12. The predicted molar refractivity (Wildman–Crippen MR) is 88.3 cm³/mol. The molecule has 0 spiro atoms. The van der Waals surface area contributed by atoms with E-state index in [9.17, 15) is 5.11 Å². The number of nitrogens with one attached hydrogen (secondary N) is 1. The lowest BCUT2D eigenvalue weighted by molar-refractivity contribution is 0.467. The zero-order valence-corrected chi connectivity index (χ0v) is 13.7. The summed E-state index contributed by atoms with van der Waals surface area (Å²) in [4.78, 5) is 0. The summed E-state index contributed by atoms with van der Waals surface area (Å²) < 4.78 is 1.06. The van der Waals surface area contributed by atoms with Gasteiger partial charge in [0.15, 0.2) is 0 Å². The van der Waals surface area contributed by atoms with Crippen molar-refractivity contribution in [3.8, 4) is 5.75 Å². The van der Waals surface area contributed by atoms with Crippen LogP contribution in [-0.4, -0.2) is 5.11 Å². The summed E-state index contributed by atoms with van der Waals surface area (Å²) in [6.07, 6.45) is 0. The van der Waals surface area contributed by atoms with Gasteiger partial charge in [-0.25, -0.2) is 0 Å². The van der Waals surface area contributed by atoms with Gasteiger partial charge in [0, 0.05) is 22.3 Å². The van der Waals surface area contributed by atoms with Crippen LogP contribution in [0, 0.1) is 0 Å². The predicted octanol–water partition coefficient (Wildman–Crippen LogP) is 5.06. The van der Waals surface area contributed by atoms with Crippen LogP contribution in [0.3, 0.4) is 0 Å². The summed E-state index contributed by atoms with van der Waals surface area (Å²) in [5.74, 6) is 0.336. The standard InChI is InChI=1S/C17H20BrNO/c1-17(2,3)13-4-9-16(20)12(10-13)11-19-15-7-5-14(18)6-8-15/h4-10,19-20H,11H2,1-3H3. The van der Waals surface area contributed by atoms with Crippen LogP contribution in [0.2, 0.25) is 0 Å². The molecule has 0 saturated heterocycles. The number of halogens is 1. The molecular weight excluding hydrogens is 314 g/mol. The van der Waals surface area contributed by atoms with E-state index in [2.05, 4.69) is 48.1 Å². The minimum Gasteiger partial charge on any atom is -0.508 e. The molecule has 0 aromatic heterocycles. The van der Waals surface area contributed by atoms with Crippen molar-refractivity contribution in [3.05, 3.63) is 58.1 Å². The Hall–Kier alpha value is -1.48. The van der Waals surface area contributed by atoms with E-state index in [4.69, 9.17) is 0 Å². The van der Waals surface area contributed by atoms with Crippen molar-refractivity contribution in [1.82, 2.24) is 0 Å². The third-order valence-corrected chi connectivity index (χ3v) is 3.80. The molecule has 20 heavy (non-hydrogen) atoms. The summed E-state index contributed by atoms with van der Waals surface area (Å²) in [6, 6.07) is 13.8. The lowest BCUT2D eigenvalue weighted by atomic mass is 9.86. The van der Waals surface area contributed by atoms with Crippen LogP contribution in [0.15, 0.2) is 46.9 Å². The van der Waals surface area contributed by atoms with E-state index in [0.29, 0.717) is 12.3 Å². The highest BCUT2D eigenvalue weighted by molar-refractivity contribution is 9.10. The van der Waals surface area contributed by atoms with Crippen molar-refractivity contribution in [1.29, 1.82) is 0 Å². The van der Waals surface area contributed by atoms with Crippen LogP contribution in [0.1, 0.15) is 31.9 Å². The molecule has 2 rings (SSSR count). The smallest absolute Gasteiger partial charge is 0.120 e. The molecule has 2 N–H and O–H groups in total. The maximum atomic E-state index is 9.98. The van der Waals surface area contributed by atoms with E-state index >= 15 is 0 Å². The Morgan fingerprint density at radius 2 is 1.70 bits per heavy atom. The molecule has 0 heterocycles. The highest BCUT2D eigenvalue weighted by Gasteiger charge is 2.15. The molecular formula is C17H20BrNO. The maximum Gasteiger partial charge on any atom is 0.120 e. The second kappa shape index (κ2) is 5.88. The van der Waals surface area contributed by atoms with Gasteiger partial charge in [-0.15, -0.1) is 0 Å². The molecule has 2 aromatic rings. The number of hydrogen-bond acceptors (Lipinski definition) is 2. The van der Waals surface area contributed by atoms with Crippen LogP contribution >= 0.6 is 15.9 Å². The molecule has 106 valence electrons. The third-order valence-electron chi connectivity index (χ3n) is 3.27. The number of anilines is 1. The summed E-state index contributed by atoms with van der Waals surface area (Å²) in [6.45, 7) is 7.12. The maximum absolute atomic E-state index is 9.98. The van der Waals surface area contributed by atoms with Gasteiger partial charge in [-0.2, -0.15) is 0 Å². The number of phenolic OH excluding ortho intramolecular Hbond substituents is 1. The average molecular weight is 334 g/mol. The first-order chi connectivity index (χ1) is 9.36. The quantitative estimate of drug-likeness (QED) is 0.822. The molecule has 0 bridgehead atoms. The Bertz CT molecular complexity index is 585. The van der Waals surface area contributed by atoms with Gasteiger partial charge in [-0.3, -0.25) is 0 Å². The molecule has 0 unspecified atom stereocenters. The van der Waals surface area contributed by atoms with Gasteiger partial charge >= 0.3 is 0 Å². The molecule has 0 radical (unpaired) electrons. The molecule has 0 fully saturated rings. The van der Waals surface area contributed by atoms with Gasteiger partial charge in [0.1, 0.15) is 5.75 Å². The Balaban J connectivity index is 2.14. The van der Waals surface area contributed by atoms with E-state index in [0.717, 1.165) is 15.7 Å². The van der Waals surface area contributed by atoms with Crippen LogP contribution in [0.25, 0.3) is 0 Å². The molecule has 0 saturated carbocycles. The van der Waals surface area contributed by atoms with Gasteiger partial charge in [0.2, 0.25) is 0 Å². The molecule has 0 atom stereocenters. The first-order valence-corrected chi connectivity index (χ1v) is 7.47. The largest absolute Gasteiger partial charge is 0.508 e. The molecule has 2 nitrogen and oxygen atoms in total. The van der Waals surface area contributed by atoms with Gasteiger partial charge in [0.25, 0.3) is 0 Å². The van der Waals surface area contributed by atoms with Crippen molar-refractivity contribution in [2.75, 3.05) is 5.32 Å². The Labute approximate surface area is 129 Å².